The van der Waals surface area contributed by atoms with Gasteiger partial charge in [0.15, 0.2) is 0 Å². The Morgan fingerprint density at radius 1 is 1.54 bits per heavy atom. The van der Waals surface area contributed by atoms with Gasteiger partial charge < -0.3 is 5.73 Å². The van der Waals surface area contributed by atoms with Crippen LogP contribution in [0.25, 0.3) is 0 Å². The van der Waals surface area contributed by atoms with Gasteiger partial charge in [0.25, 0.3) is 0 Å². The molecule has 1 saturated carbocycles. The third kappa shape index (κ3) is 1.54. The summed E-state index contributed by atoms with van der Waals surface area (Å²) in [6.07, 6.45) is 2.33. The highest BCUT2D eigenvalue weighted by atomic mass is 14.7. The molecule has 0 bridgehead atoms. The van der Waals surface area contributed by atoms with E-state index in [0.717, 1.165) is 6.42 Å². The molecule has 0 aromatic heterocycles. The summed E-state index contributed by atoms with van der Waals surface area (Å²) >= 11 is 0. The first kappa shape index (κ1) is 10.8. The van der Waals surface area contributed by atoms with Crippen LogP contribution in [0.1, 0.15) is 40.5 Å². The van der Waals surface area contributed by atoms with E-state index in [9.17, 15) is 0 Å². The van der Waals surface area contributed by atoms with Gasteiger partial charge in [-0.25, -0.2) is 0 Å². The van der Waals surface area contributed by atoms with Crippen molar-refractivity contribution in [3.8, 4) is 0 Å². The smallest absolute Gasteiger partial charge is 0.0256 e. The van der Waals surface area contributed by atoms with E-state index >= 15 is 0 Å². The van der Waals surface area contributed by atoms with Gasteiger partial charge in [0.1, 0.15) is 0 Å². The fourth-order valence-electron chi connectivity index (χ4n) is 2.63. The summed E-state index contributed by atoms with van der Waals surface area (Å²) in [4.78, 5) is 0. The maximum atomic E-state index is 6.04. The van der Waals surface area contributed by atoms with Gasteiger partial charge in [0.2, 0.25) is 0 Å². The normalized spacial score (nSPS) is 46.5. The molecule has 1 heteroatoms. The van der Waals surface area contributed by atoms with Crippen molar-refractivity contribution in [3.63, 3.8) is 0 Å². The van der Waals surface area contributed by atoms with Crippen LogP contribution in [0.15, 0.2) is 12.2 Å². The number of nitrogens with two attached hydrogens (primary N) is 1. The monoisotopic (exact) mass is 181 g/mol. The molecular formula is C12H23N. The molecule has 0 spiro atoms. The lowest BCUT2D eigenvalue weighted by Gasteiger charge is -2.48. The van der Waals surface area contributed by atoms with Gasteiger partial charge in [-0.15, -0.1) is 0 Å². The summed E-state index contributed by atoms with van der Waals surface area (Å²) in [6, 6.07) is 0.227. The molecule has 0 aromatic rings. The van der Waals surface area contributed by atoms with Gasteiger partial charge in [-0.2, -0.15) is 0 Å². The Morgan fingerprint density at radius 2 is 2.08 bits per heavy atom. The Morgan fingerprint density at radius 3 is 2.54 bits per heavy atom. The SMILES string of the molecule is C=C1C(N)CC(C)C(C)(CC)C1C. The number of rotatable bonds is 1. The van der Waals surface area contributed by atoms with E-state index in [1.54, 1.807) is 0 Å². The maximum absolute atomic E-state index is 6.04. The van der Waals surface area contributed by atoms with E-state index in [1.807, 2.05) is 0 Å². The third-order valence-corrected chi connectivity index (χ3v) is 4.52. The highest BCUT2D eigenvalue weighted by molar-refractivity contribution is 5.17. The molecule has 0 aliphatic heterocycles. The lowest BCUT2D eigenvalue weighted by Crippen LogP contribution is -2.45. The average molecular weight is 181 g/mol. The molecule has 1 aliphatic rings. The molecule has 0 saturated heterocycles. The molecule has 13 heavy (non-hydrogen) atoms. The zero-order chi connectivity index (χ0) is 10.2. The van der Waals surface area contributed by atoms with Crippen molar-refractivity contribution in [1.29, 1.82) is 0 Å². The first-order valence-electron chi connectivity index (χ1n) is 5.37. The summed E-state index contributed by atoms with van der Waals surface area (Å²) in [7, 11) is 0. The molecule has 1 aliphatic carbocycles. The Hall–Kier alpha value is -0.300. The van der Waals surface area contributed by atoms with Crippen LogP contribution in [-0.4, -0.2) is 6.04 Å². The second-order valence-corrected chi connectivity index (χ2v) is 4.90. The fraction of sp³-hybridized carbons (Fsp3) is 0.833. The predicted octanol–water partition coefficient (Wildman–Crippen LogP) is 2.96. The first-order chi connectivity index (χ1) is 5.93. The minimum Gasteiger partial charge on any atom is -0.324 e. The van der Waals surface area contributed by atoms with Crippen LogP contribution in [0.2, 0.25) is 0 Å². The maximum Gasteiger partial charge on any atom is 0.0256 e. The predicted molar refractivity (Wildman–Crippen MR) is 58.5 cm³/mol. The Bertz CT molecular complexity index is 209. The van der Waals surface area contributed by atoms with Crippen LogP contribution in [-0.2, 0) is 0 Å². The Balaban J connectivity index is 2.92. The van der Waals surface area contributed by atoms with Crippen molar-refractivity contribution >= 4 is 0 Å². The van der Waals surface area contributed by atoms with Gasteiger partial charge in [-0.05, 0) is 30.1 Å². The van der Waals surface area contributed by atoms with E-state index in [2.05, 4.69) is 34.3 Å². The molecule has 76 valence electrons. The summed E-state index contributed by atoms with van der Waals surface area (Å²) < 4.78 is 0. The second kappa shape index (κ2) is 3.45. The molecule has 4 atom stereocenters. The van der Waals surface area contributed by atoms with Crippen LogP contribution < -0.4 is 5.73 Å². The van der Waals surface area contributed by atoms with Crippen LogP contribution in [0.4, 0.5) is 0 Å². The van der Waals surface area contributed by atoms with Crippen LogP contribution >= 0.6 is 0 Å². The van der Waals surface area contributed by atoms with Crippen LogP contribution in [0.5, 0.6) is 0 Å². The van der Waals surface area contributed by atoms with Gasteiger partial charge in [0.05, 0.1) is 0 Å². The second-order valence-electron chi connectivity index (χ2n) is 4.90. The quantitative estimate of drug-likeness (QED) is 0.618. The van der Waals surface area contributed by atoms with Crippen LogP contribution in [0, 0.1) is 17.3 Å². The minimum absolute atomic E-state index is 0.227. The van der Waals surface area contributed by atoms with Crippen molar-refractivity contribution in [2.45, 2.75) is 46.6 Å². The van der Waals surface area contributed by atoms with Crippen molar-refractivity contribution < 1.29 is 0 Å². The lowest BCUT2D eigenvalue weighted by atomic mass is 9.58. The lowest BCUT2D eigenvalue weighted by molar-refractivity contribution is 0.0872. The number of hydrogen-bond acceptors (Lipinski definition) is 1. The average Bonchev–Trinajstić information content (AvgIpc) is 2.11. The van der Waals surface area contributed by atoms with E-state index in [1.165, 1.54) is 12.0 Å². The molecule has 0 heterocycles. The first-order valence-corrected chi connectivity index (χ1v) is 5.37. The molecule has 0 aromatic carbocycles. The highest BCUT2D eigenvalue weighted by Crippen LogP contribution is 2.48. The zero-order valence-electron chi connectivity index (χ0n) is 9.43. The van der Waals surface area contributed by atoms with Crippen molar-refractivity contribution in [2.75, 3.05) is 0 Å². The molecule has 1 rings (SSSR count). The molecule has 2 N–H and O–H groups in total. The summed E-state index contributed by atoms with van der Waals surface area (Å²) in [5, 5.41) is 0. The molecule has 0 radical (unpaired) electrons. The number of hydrogen-bond donors (Lipinski definition) is 1. The van der Waals surface area contributed by atoms with E-state index in [4.69, 9.17) is 5.73 Å². The van der Waals surface area contributed by atoms with Crippen molar-refractivity contribution in [3.05, 3.63) is 12.2 Å². The van der Waals surface area contributed by atoms with Gasteiger partial charge in [-0.3, -0.25) is 0 Å². The Labute approximate surface area is 82.4 Å². The van der Waals surface area contributed by atoms with Crippen molar-refractivity contribution in [1.82, 2.24) is 0 Å². The standard InChI is InChI=1S/C12H23N/c1-6-12(5)8(2)7-11(13)9(3)10(12)4/h8,10-11H,3,6-7,13H2,1-2,4-5H3. The van der Waals surface area contributed by atoms with Gasteiger partial charge in [0, 0.05) is 6.04 Å². The topological polar surface area (TPSA) is 26.0 Å². The third-order valence-electron chi connectivity index (χ3n) is 4.52. The van der Waals surface area contributed by atoms with Gasteiger partial charge in [-0.1, -0.05) is 39.8 Å². The molecule has 1 nitrogen and oxygen atoms in total. The molecule has 4 unspecified atom stereocenters. The van der Waals surface area contributed by atoms with Gasteiger partial charge >= 0.3 is 0 Å². The summed E-state index contributed by atoms with van der Waals surface area (Å²) in [5.74, 6) is 1.28. The summed E-state index contributed by atoms with van der Waals surface area (Å²) in [5.41, 5.74) is 7.70. The Kier molecular flexibility index (Phi) is 2.86. The fourth-order valence-corrected chi connectivity index (χ4v) is 2.63. The largest absolute Gasteiger partial charge is 0.324 e. The zero-order valence-corrected chi connectivity index (χ0v) is 9.43. The van der Waals surface area contributed by atoms with E-state index in [-0.39, 0.29) is 6.04 Å². The molecule has 1 fully saturated rings. The van der Waals surface area contributed by atoms with E-state index < -0.39 is 0 Å². The van der Waals surface area contributed by atoms with Crippen LogP contribution in [0.3, 0.4) is 0 Å². The molecule has 0 amide bonds. The highest BCUT2D eigenvalue weighted by Gasteiger charge is 2.42. The molecular weight excluding hydrogens is 158 g/mol. The summed E-state index contributed by atoms with van der Waals surface area (Å²) in [6.45, 7) is 13.4. The minimum atomic E-state index is 0.227. The van der Waals surface area contributed by atoms with Crippen molar-refractivity contribution in [2.24, 2.45) is 23.0 Å². The van der Waals surface area contributed by atoms with E-state index in [0.29, 0.717) is 17.3 Å².